The maximum atomic E-state index is 12.7. The first-order chi connectivity index (χ1) is 14.2. The summed E-state index contributed by atoms with van der Waals surface area (Å²) in [6.45, 7) is 4.14. The van der Waals surface area contributed by atoms with Crippen LogP contribution in [0.2, 0.25) is 5.02 Å². The molecule has 3 aromatic rings. The van der Waals surface area contributed by atoms with Gasteiger partial charge in [-0.1, -0.05) is 41.9 Å². The lowest BCUT2D eigenvalue weighted by Gasteiger charge is -2.18. The summed E-state index contributed by atoms with van der Waals surface area (Å²) >= 11 is 6.17. The van der Waals surface area contributed by atoms with E-state index in [0.717, 1.165) is 16.7 Å². The van der Waals surface area contributed by atoms with Crippen molar-refractivity contribution >= 4 is 33.2 Å². The number of benzene rings is 3. The standard InChI is InChI=1S/C23H23ClN2O3S/c1-16-7-6-10-22(17(16)2)25-30(28,29)20-13-11-18(12-14-20)23(27)26(3)15-19-8-4-5-9-21(19)24/h4-14,25H,15H2,1-3H3. The van der Waals surface area contributed by atoms with E-state index in [1.54, 1.807) is 30.1 Å². The van der Waals surface area contributed by atoms with Crippen LogP contribution in [0.15, 0.2) is 71.6 Å². The van der Waals surface area contributed by atoms with Gasteiger partial charge in [0.05, 0.1) is 10.6 Å². The van der Waals surface area contributed by atoms with Gasteiger partial charge in [-0.2, -0.15) is 0 Å². The molecule has 5 nitrogen and oxygen atoms in total. The van der Waals surface area contributed by atoms with Gasteiger partial charge in [0.25, 0.3) is 15.9 Å². The highest BCUT2D eigenvalue weighted by atomic mass is 35.5. The number of carbonyl (C=O) groups excluding carboxylic acids is 1. The molecule has 3 aromatic carbocycles. The maximum absolute atomic E-state index is 12.7. The topological polar surface area (TPSA) is 66.5 Å². The largest absolute Gasteiger partial charge is 0.337 e. The van der Waals surface area contributed by atoms with Gasteiger partial charge < -0.3 is 4.90 Å². The normalized spacial score (nSPS) is 11.2. The monoisotopic (exact) mass is 442 g/mol. The molecule has 0 saturated carbocycles. The molecule has 0 unspecified atom stereocenters. The first kappa shape index (κ1) is 21.9. The molecule has 1 amide bonds. The highest BCUT2D eigenvalue weighted by molar-refractivity contribution is 7.92. The zero-order valence-corrected chi connectivity index (χ0v) is 18.6. The van der Waals surface area contributed by atoms with Crippen molar-refractivity contribution in [2.24, 2.45) is 0 Å². The highest BCUT2D eigenvalue weighted by Crippen LogP contribution is 2.23. The minimum absolute atomic E-state index is 0.0914. The Morgan fingerprint density at radius 3 is 2.30 bits per heavy atom. The number of nitrogens with zero attached hydrogens (tertiary/aromatic N) is 1. The van der Waals surface area contributed by atoms with Crippen molar-refractivity contribution in [3.63, 3.8) is 0 Å². The van der Waals surface area contributed by atoms with E-state index in [0.29, 0.717) is 22.8 Å². The molecule has 0 atom stereocenters. The van der Waals surface area contributed by atoms with Gasteiger partial charge in [-0.25, -0.2) is 8.42 Å². The fraction of sp³-hybridized carbons (Fsp3) is 0.174. The van der Waals surface area contributed by atoms with Crippen molar-refractivity contribution in [3.05, 3.63) is 94.0 Å². The van der Waals surface area contributed by atoms with E-state index in [-0.39, 0.29) is 10.8 Å². The van der Waals surface area contributed by atoms with Crippen LogP contribution in [-0.4, -0.2) is 26.3 Å². The van der Waals surface area contributed by atoms with Crippen LogP contribution in [0.4, 0.5) is 5.69 Å². The van der Waals surface area contributed by atoms with Crippen LogP contribution in [-0.2, 0) is 16.6 Å². The molecule has 156 valence electrons. The molecule has 0 fully saturated rings. The van der Waals surface area contributed by atoms with Gasteiger partial charge in [-0.15, -0.1) is 0 Å². The first-order valence-corrected chi connectivity index (χ1v) is 11.2. The number of sulfonamides is 1. The summed E-state index contributed by atoms with van der Waals surface area (Å²) in [7, 11) is -2.08. The molecule has 0 heterocycles. The van der Waals surface area contributed by atoms with Gasteiger partial charge in [-0.05, 0) is 66.9 Å². The van der Waals surface area contributed by atoms with E-state index in [4.69, 9.17) is 11.6 Å². The molecular weight excluding hydrogens is 420 g/mol. The molecule has 0 aliphatic heterocycles. The molecule has 0 saturated heterocycles. The van der Waals surface area contributed by atoms with Crippen LogP contribution in [0.3, 0.4) is 0 Å². The molecule has 0 spiro atoms. The van der Waals surface area contributed by atoms with E-state index in [2.05, 4.69) is 4.72 Å². The van der Waals surface area contributed by atoms with Gasteiger partial charge in [0, 0.05) is 24.2 Å². The Balaban J connectivity index is 1.75. The Kier molecular flexibility index (Phi) is 6.48. The van der Waals surface area contributed by atoms with Crippen LogP contribution in [0.25, 0.3) is 0 Å². The maximum Gasteiger partial charge on any atom is 0.261 e. The van der Waals surface area contributed by atoms with Crippen molar-refractivity contribution in [1.82, 2.24) is 4.90 Å². The Labute approximate surface area is 182 Å². The summed E-state index contributed by atoms with van der Waals surface area (Å²) < 4.78 is 28.1. The third-order valence-electron chi connectivity index (χ3n) is 4.97. The molecule has 1 N–H and O–H groups in total. The number of carbonyl (C=O) groups is 1. The van der Waals surface area contributed by atoms with Crippen LogP contribution in [0.5, 0.6) is 0 Å². The lowest BCUT2D eigenvalue weighted by molar-refractivity contribution is 0.0785. The lowest BCUT2D eigenvalue weighted by Crippen LogP contribution is -2.26. The van der Waals surface area contributed by atoms with E-state index in [1.165, 1.54) is 24.3 Å². The van der Waals surface area contributed by atoms with Crippen molar-refractivity contribution in [1.29, 1.82) is 0 Å². The third-order valence-corrected chi connectivity index (χ3v) is 6.72. The number of aryl methyl sites for hydroxylation is 1. The molecule has 7 heteroatoms. The molecule has 3 rings (SSSR count). The number of halogens is 1. The van der Waals surface area contributed by atoms with Gasteiger partial charge in [0.2, 0.25) is 0 Å². The molecular formula is C23H23ClN2O3S. The number of hydrogen-bond acceptors (Lipinski definition) is 3. The van der Waals surface area contributed by atoms with Gasteiger partial charge >= 0.3 is 0 Å². The van der Waals surface area contributed by atoms with Crippen LogP contribution in [0, 0.1) is 13.8 Å². The van der Waals surface area contributed by atoms with Crippen molar-refractivity contribution in [2.75, 3.05) is 11.8 Å². The predicted molar refractivity (Wildman–Crippen MR) is 120 cm³/mol. The van der Waals surface area contributed by atoms with Crippen molar-refractivity contribution in [3.8, 4) is 0 Å². The summed E-state index contributed by atoms with van der Waals surface area (Å²) in [5.41, 5.74) is 3.64. The zero-order valence-electron chi connectivity index (χ0n) is 17.0. The first-order valence-electron chi connectivity index (χ1n) is 9.37. The number of nitrogens with one attached hydrogen (secondary N) is 1. The molecule has 0 aromatic heterocycles. The number of amides is 1. The van der Waals surface area contributed by atoms with Gasteiger partial charge in [0.15, 0.2) is 0 Å². The Hall–Kier alpha value is -2.83. The summed E-state index contributed by atoms with van der Waals surface area (Å²) in [6, 6.07) is 18.7. The molecule has 0 radical (unpaired) electrons. The summed E-state index contributed by atoms with van der Waals surface area (Å²) in [5, 5.41) is 0.594. The quantitative estimate of drug-likeness (QED) is 0.582. The van der Waals surface area contributed by atoms with E-state index >= 15 is 0 Å². The van der Waals surface area contributed by atoms with Crippen LogP contribution >= 0.6 is 11.6 Å². The summed E-state index contributed by atoms with van der Waals surface area (Å²) in [6.07, 6.45) is 0. The second kappa shape index (κ2) is 8.90. The minimum Gasteiger partial charge on any atom is -0.337 e. The average molecular weight is 443 g/mol. The van der Waals surface area contributed by atoms with Crippen LogP contribution < -0.4 is 4.72 Å². The zero-order chi connectivity index (χ0) is 21.9. The average Bonchev–Trinajstić information content (AvgIpc) is 2.72. The molecule has 30 heavy (non-hydrogen) atoms. The van der Waals surface area contributed by atoms with Gasteiger partial charge in [0.1, 0.15) is 0 Å². The third kappa shape index (κ3) is 4.83. The number of hydrogen-bond donors (Lipinski definition) is 1. The summed E-state index contributed by atoms with van der Waals surface area (Å²) in [5.74, 6) is -0.221. The van der Waals surface area contributed by atoms with Crippen molar-refractivity contribution < 1.29 is 13.2 Å². The molecule has 0 aliphatic carbocycles. The molecule has 0 bridgehead atoms. The Morgan fingerprint density at radius 1 is 0.967 bits per heavy atom. The van der Waals surface area contributed by atoms with Gasteiger partial charge in [-0.3, -0.25) is 9.52 Å². The highest BCUT2D eigenvalue weighted by Gasteiger charge is 2.18. The summed E-state index contributed by atoms with van der Waals surface area (Å²) in [4.78, 5) is 14.3. The SMILES string of the molecule is Cc1cccc(NS(=O)(=O)c2ccc(C(=O)N(C)Cc3ccccc3Cl)cc2)c1C. The van der Waals surface area contributed by atoms with E-state index in [1.807, 2.05) is 38.1 Å². The number of rotatable bonds is 6. The van der Waals surface area contributed by atoms with Crippen LogP contribution in [0.1, 0.15) is 27.0 Å². The molecule has 0 aliphatic rings. The lowest BCUT2D eigenvalue weighted by atomic mass is 10.1. The fourth-order valence-corrected chi connectivity index (χ4v) is 4.33. The second-order valence-electron chi connectivity index (χ2n) is 7.13. The second-order valence-corrected chi connectivity index (χ2v) is 9.22. The Bertz CT molecular complexity index is 1180. The Morgan fingerprint density at radius 2 is 1.63 bits per heavy atom. The van der Waals surface area contributed by atoms with Crippen molar-refractivity contribution in [2.45, 2.75) is 25.3 Å². The number of anilines is 1. The fourth-order valence-electron chi connectivity index (χ4n) is 3.02. The van der Waals surface area contributed by atoms with E-state index < -0.39 is 10.0 Å². The predicted octanol–water partition coefficient (Wildman–Crippen LogP) is 5.03. The van der Waals surface area contributed by atoms with E-state index in [9.17, 15) is 13.2 Å². The minimum atomic E-state index is -3.76. The smallest absolute Gasteiger partial charge is 0.261 e.